The molecule has 15 heavy (non-hydrogen) atoms. The van der Waals surface area contributed by atoms with Gasteiger partial charge in [-0.15, -0.1) is 0 Å². The van der Waals surface area contributed by atoms with Crippen LogP contribution in [0.25, 0.3) is 0 Å². The van der Waals surface area contributed by atoms with Gasteiger partial charge in [-0.25, -0.2) is 0 Å². The molecule has 1 heterocycles. The molecule has 1 saturated heterocycles. The summed E-state index contributed by atoms with van der Waals surface area (Å²) in [5.41, 5.74) is 5.88. The van der Waals surface area contributed by atoms with Crippen LogP contribution in [0.2, 0.25) is 0 Å². The van der Waals surface area contributed by atoms with Crippen LogP contribution in [0.4, 0.5) is 0 Å². The molecule has 0 radical (unpaired) electrons. The van der Waals surface area contributed by atoms with E-state index >= 15 is 0 Å². The topological polar surface area (TPSA) is 38.5 Å². The first-order chi connectivity index (χ1) is 7.35. The van der Waals surface area contributed by atoms with Crippen molar-refractivity contribution in [1.82, 2.24) is 4.90 Å². The van der Waals surface area contributed by atoms with Crippen molar-refractivity contribution >= 4 is 0 Å². The number of nitrogens with two attached hydrogens (primary N) is 1. The third-order valence-corrected chi connectivity index (χ3v) is 3.69. The molecule has 3 nitrogen and oxygen atoms in total. The molecule has 1 aliphatic carbocycles. The molecule has 0 amide bonds. The number of hydrogen-bond donors (Lipinski definition) is 1. The molecule has 2 rings (SSSR count). The van der Waals surface area contributed by atoms with E-state index in [1.54, 1.807) is 0 Å². The molecule has 0 bridgehead atoms. The Bertz CT molecular complexity index is 192. The van der Waals surface area contributed by atoms with Gasteiger partial charge in [-0.05, 0) is 45.1 Å². The minimum absolute atomic E-state index is 0.455. The average Bonchev–Trinajstić information content (AvgIpc) is 3.04. The van der Waals surface area contributed by atoms with E-state index in [2.05, 4.69) is 11.8 Å². The first kappa shape index (κ1) is 11.4. The smallest absolute Gasteiger partial charge is 0.0702 e. The summed E-state index contributed by atoms with van der Waals surface area (Å²) in [6.07, 6.45) is 5.73. The molecular formula is C12H24N2O. The summed E-state index contributed by atoms with van der Waals surface area (Å²) >= 11 is 0. The van der Waals surface area contributed by atoms with E-state index < -0.39 is 0 Å². The van der Waals surface area contributed by atoms with Crippen LogP contribution in [0.5, 0.6) is 0 Å². The summed E-state index contributed by atoms with van der Waals surface area (Å²) < 4.78 is 5.73. The van der Waals surface area contributed by atoms with E-state index in [0.717, 1.165) is 25.6 Å². The zero-order chi connectivity index (χ0) is 10.7. The van der Waals surface area contributed by atoms with Crippen LogP contribution in [0.1, 0.15) is 32.6 Å². The summed E-state index contributed by atoms with van der Waals surface area (Å²) in [5.74, 6) is 0.885. The van der Waals surface area contributed by atoms with Crippen LogP contribution >= 0.6 is 0 Å². The van der Waals surface area contributed by atoms with Crippen molar-refractivity contribution in [3.05, 3.63) is 0 Å². The van der Waals surface area contributed by atoms with Gasteiger partial charge < -0.3 is 10.5 Å². The molecule has 0 spiro atoms. The fourth-order valence-electron chi connectivity index (χ4n) is 2.76. The Labute approximate surface area is 93.0 Å². The zero-order valence-corrected chi connectivity index (χ0v) is 9.82. The summed E-state index contributed by atoms with van der Waals surface area (Å²) in [6, 6.07) is 0.633. The highest BCUT2D eigenvalue weighted by atomic mass is 16.5. The van der Waals surface area contributed by atoms with Gasteiger partial charge in [-0.1, -0.05) is 0 Å². The van der Waals surface area contributed by atoms with E-state index in [1.807, 2.05) is 0 Å². The molecule has 2 fully saturated rings. The number of nitrogens with zero attached hydrogens (tertiary/aromatic N) is 1. The maximum absolute atomic E-state index is 5.88. The van der Waals surface area contributed by atoms with E-state index in [9.17, 15) is 0 Å². The zero-order valence-electron chi connectivity index (χ0n) is 9.82. The number of piperidine rings is 1. The molecule has 0 aromatic rings. The van der Waals surface area contributed by atoms with Crippen LogP contribution < -0.4 is 5.73 Å². The first-order valence-electron chi connectivity index (χ1n) is 6.40. The molecule has 88 valence electrons. The normalized spacial score (nSPS) is 30.4. The Hall–Kier alpha value is -0.120. The maximum Gasteiger partial charge on any atom is 0.0702 e. The second-order valence-electron chi connectivity index (χ2n) is 4.85. The van der Waals surface area contributed by atoms with Gasteiger partial charge in [0.1, 0.15) is 0 Å². The Morgan fingerprint density at radius 2 is 2.20 bits per heavy atom. The second kappa shape index (κ2) is 5.28. The largest absolute Gasteiger partial charge is 0.377 e. The molecule has 2 unspecified atom stereocenters. The lowest BCUT2D eigenvalue weighted by Crippen LogP contribution is -2.49. The van der Waals surface area contributed by atoms with Gasteiger partial charge in [-0.3, -0.25) is 4.90 Å². The van der Waals surface area contributed by atoms with Gasteiger partial charge in [0.2, 0.25) is 0 Å². The predicted molar refractivity (Wildman–Crippen MR) is 61.8 cm³/mol. The molecule has 2 atom stereocenters. The third-order valence-electron chi connectivity index (χ3n) is 3.69. The number of rotatable bonds is 5. The molecular weight excluding hydrogens is 188 g/mol. The van der Waals surface area contributed by atoms with Crippen molar-refractivity contribution < 1.29 is 4.74 Å². The minimum atomic E-state index is 0.455. The van der Waals surface area contributed by atoms with Crippen molar-refractivity contribution in [1.29, 1.82) is 0 Å². The van der Waals surface area contributed by atoms with Crippen LogP contribution in [0, 0.1) is 5.92 Å². The fraction of sp³-hybridized carbons (Fsp3) is 1.00. The standard InChI is InChI=1S/C12H24N2O/c1-2-15-11-4-3-7-14(9-11)12(8-13)10-5-6-10/h10-12H,2-9,13H2,1H3. The lowest BCUT2D eigenvalue weighted by molar-refractivity contribution is -0.00911. The highest BCUT2D eigenvalue weighted by molar-refractivity contribution is 4.91. The summed E-state index contributed by atoms with van der Waals surface area (Å²) in [6.45, 7) is 6.08. The lowest BCUT2D eigenvalue weighted by atomic mass is 10.0. The van der Waals surface area contributed by atoms with Crippen molar-refractivity contribution in [3.8, 4) is 0 Å². The van der Waals surface area contributed by atoms with E-state index in [1.165, 1.54) is 32.2 Å². The van der Waals surface area contributed by atoms with Crippen LogP contribution in [0.3, 0.4) is 0 Å². The van der Waals surface area contributed by atoms with E-state index in [0.29, 0.717) is 12.1 Å². The fourth-order valence-corrected chi connectivity index (χ4v) is 2.76. The Kier molecular flexibility index (Phi) is 4.00. The van der Waals surface area contributed by atoms with Gasteiger partial charge in [0.25, 0.3) is 0 Å². The van der Waals surface area contributed by atoms with Gasteiger partial charge in [0.15, 0.2) is 0 Å². The Morgan fingerprint density at radius 1 is 1.40 bits per heavy atom. The first-order valence-corrected chi connectivity index (χ1v) is 6.40. The number of ether oxygens (including phenoxy) is 1. The van der Waals surface area contributed by atoms with Crippen LogP contribution in [-0.2, 0) is 4.74 Å². The van der Waals surface area contributed by atoms with E-state index in [-0.39, 0.29) is 0 Å². The van der Waals surface area contributed by atoms with Gasteiger partial charge in [0, 0.05) is 25.7 Å². The van der Waals surface area contributed by atoms with Gasteiger partial charge in [0.05, 0.1) is 6.10 Å². The second-order valence-corrected chi connectivity index (χ2v) is 4.85. The van der Waals surface area contributed by atoms with Crippen molar-refractivity contribution in [2.75, 3.05) is 26.2 Å². The van der Waals surface area contributed by atoms with Crippen LogP contribution in [0.15, 0.2) is 0 Å². The Balaban J connectivity index is 1.84. The highest BCUT2D eigenvalue weighted by Crippen LogP contribution is 2.36. The highest BCUT2D eigenvalue weighted by Gasteiger charge is 2.36. The number of likely N-dealkylation sites (tertiary alicyclic amines) is 1. The average molecular weight is 212 g/mol. The predicted octanol–water partition coefficient (Wildman–Crippen LogP) is 1.22. The molecule has 0 aromatic heterocycles. The van der Waals surface area contributed by atoms with E-state index in [4.69, 9.17) is 10.5 Å². The molecule has 2 aliphatic rings. The third kappa shape index (κ3) is 2.92. The lowest BCUT2D eigenvalue weighted by Gasteiger charge is -2.37. The van der Waals surface area contributed by atoms with Crippen molar-refractivity contribution in [2.24, 2.45) is 11.7 Å². The molecule has 0 aromatic carbocycles. The summed E-state index contributed by atoms with van der Waals surface area (Å²) in [4.78, 5) is 2.57. The molecule has 1 saturated carbocycles. The number of hydrogen-bond acceptors (Lipinski definition) is 3. The minimum Gasteiger partial charge on any atom is -0.377 e. The Morgan fingerprint density at radius 3 is 2.80 bits per heavy atom. The van der Waals surface area contributed by atoms with Gasteiger partial charge >= 0.3 is 0 Å². The molecule has 2 N–H and O–H groups in total. The van der Waals surface area contributed by atoms with Crippen molar-refractivity contribution in [3.63, 3.8) is 0 Å². The van der Waals surface area contributed by atoms with Gasteiger partial charge in [-0.2, -0.15) is 0 Å². The molecule has 3 heteroatoms. The quantitative estimate of drug-likeness (QED) is 0.745. The summed E-state index contributed by atoms with van der Waals surface area (Å²) in [5, 5.41) is 0. The van der Waals surface area contributed by atoms with Crippen molar-refractivity contribution in [2.45, 2.75) is 44.8 Å². The molecule has 1 aliphatic heterocycles. The monoisotopic (exact) mass is 212 g/mol. The maximum atomic E-state index is 5.88. The summed E-state index contributed by atoms with van der Waals surface area (Å²) in [7, 11) is 0. The van der Waals surface area contributed by atoms with Crippen LogP contribution in [-0.4, -0.2) is 43.3 Å². The SMILES string of the molecule is CCOC1CCCN(C(CN)C2CC2)C1.